The van der Waals surface area contributed by atoms with E-state index in [1.54, 1.807) is 0 Å². The fourth-order valence-electron chi connectivity index (χ4n) is 2.02. The number of nitrogens with one attached hydrogen (secondary N) is 2. The molecule has 1 aliphatic rings. The topological polar surface area (TPSA) is 50.4 Å². The Morgan fingerprint density at radius 2 is 2.32 bits per heavy atom. The molecule has 1 saturated heterocycles. The molecule has 0 aromatic heterocycles. The van der Waals surface area contributed by atoms with Crippen LogP contribution in [0.2, 0.25) is 5.02 Å². The summed E-state index contributed by atoms with van der Waals surface area (Å²) in [7, 11) is 0. The van der Waals surface area contributed by atoms with Gasteiger partial charge in [0, 0.05) is 16.8 Å². The summed E-state index contributed by atoms with van der Waals surface area (Å²) < 4.78 is 18.2. The quantitative estimate of drug-likeness (QED) is 0.897. The van der Waals surface area contributed by atoms with E-state index in [1.165, 1.54) is 18.2 Å². The van der Waals surface area contributed by atoms with Crippen molar-refractivity contribution in [3.63, 3.8) is 0 Å². The van der Waals surface area contributed by atoms with E-state index >= 15 is 0 Å². The van der Waals surface area contributed by atoms with Crippen molar-refractivity contribution in [2.45, 2.75) is 25.3 Å². The minimum Gasteiger partial charge on any atom is -0.448 e. The second-order valence-corrected chi connectivity index (χ2v) is 4.96. The van der Waals surface area contributed by atoms with Gasteiger partial charge in [-0.3, -0.25) is 5.32 Å². The standard InChI is InChI=1S/C13H16ClFN2O2/c14-9-5-10(15)7-12(6-9)17-13(18)19-8-11-3-1-2-4-16-11/h5-7,11,16H,1-4,8H2,(H,17,18)/t11-/m0/s1. The van der Waals surface area contributed by atoms with Gasteiger partial charge in [-0.25, -0.2) is 9.18 Å². The van der Waals surface area contributed by atoms with Gasteiger partial charge in [-0.15, -0.1) is 0 Å². The molecule has 6 heteroatoms. The van der Waals surface area contributed by atoms with Gasteiger partial charge in [-0.1, -0.05) is 18.0 Å². The van der Waals surface area contributed by atoms with Gasteiger partial charge in [0.1, 0.15) is 12.4 Å². The Balaban J connectivity index is 1.80. The first-order valence-corrected chi connectivity index (χ1v) is 6.64. The first-order valence-electron chi connectivity index (χ1n) is 6.27. The van der Waals surface area contributed by atoms with Crippen molar-refractivity contribution in [3.05, 3.63) is 29.0 Å². The number of hydrogen-bond acceptors (Lipinski definition) is 3. The van der Waals surface area contributed by atoms with Gasteiger partial charge >= 0.3 is 6.09 Å². The molecule has 1 aromatic carbocycles. The van der Waals surface area contributed by atoms with Gasteiger partial charge < -0.3 is 10.1 Å². The molecular weight excluding hydrogens is 271 g/mol. The molecule has 0 spiro atoms. The summed E-state index contributed by atoms with van der Waals surface area (Å²) in [6.07, 6.45) is 2.69. The number of halogens is 2. The van der Waals surface area contributed by atoms with Gasteiger partial charge in [0.25, 0.3) is 0 Å². The monoisotopic (exact) mass is 286 g/mol. The van der Waals surface area contributed by atoms with Crippen LogP contribution in [0.4, 0.5) is 14.9 Å². The largest absolute Gasteiger partial charge is 0.448 e. The maximum absolute atomic E-state index is 13.1. The molecule has 0 unspecified atom stereocenters. The van der Waals surface area contributed by atoms with Crippen LogP contribution in [-0.4, -0.2) is 25.3 Å². The van der Waals surface area contributed by atoms with Gasteiger partial charge in [-0.05, 0) is 37.6 Å². The van der Waals surface area contributed by atoms with Gasteiger partial charge in [0.05, 0.1) is 0 Å². The van der Waals surface area contributed by atoms with Crippen LogP contribution in [0.15, 0.2) is 18.2 Å². The minimum atomic E-state index is -0.603. The van der Waals surface area contributed by atoms with Crippen LogP contribution in [0.1, 0.15) is 19.3 Å². The number of piperidine rings is 1. The highest BCUT2D eigenvalue weighted by atomic mass is 35.5. The lowest BCUT2D eigenvalue weighted by Crippen LogP contribution is -2.38. The van der Waals surface area contributed by atoms with E-state index in [0.29, 0.717) is 6.61 Å². The Kier molecular flexibility index (Phi) is 4.99. The van der Waals surface area contributed by atoms with E-state index in [4.69, 9.17) is 16.3 Å². The molecule has 0 radical (unpaired) electrons. The molecule has 4 nitrogen and oxygen atoms in total. The number of ether oxygens (including phenoxy) is 1. The lowest BCUT2D eigenvalue weighted by atomic mass is 10.1. The number of rotatable bonds is 3. The zero-order chi connectivity index (χ0) is 13.7. The fraction of sp³-hybridized carbons (Fsp3) is 0.462. The van der Waals surface area contributed by atoms with Crippen LogP contribution in [-0.2, 0) is 4.74 Å². The second kappa shape index (κ2) is 6.73. The summed E-state index contributed by atoms with van der Waals surface area (Å²) in [6, 6.07) is 4.02. The Morgan fingerprint density at radius 3 is 3.00 bits per heavy atom. The SMILES string of the molecule is O=C(Nc1cc(F)cc(Cl)c1)OC[C@@H]1CCCCN1. The van der Waals surface area contributed by atoms with Gasteiger partial charge in [-0.2, -0.15) is 0 Å². The van der Waals surface area contributed by atoms with E-state index in [9.17, 15) is 9.18 Å². The molecular formula is C13H16ClFN2O2. The van der Waals surface area contributed by atoms with Crippen molar-refractivity contribution in [2.75, 3.05) is 18.5 Å². The lowest BCUT2D eigenvalue weighted by molar-refractivity contribution is 0.141. The predicted molar refractivity (Wildman–Crippen MR) is 72.0 cm³/mol. The van der Waals surface area contributed by atoms with Crippen LogP contribution in [0, 0.1) is 5.82 Å². The van der Waals surface area contributed by atoms with Crippen molar-refractivity contribution in [1.29, 1.82) is 0 Å². The summed E-state index contributed by atoms with van der Waals surface area (Å²) in [5.41, 5.74) is 0.284. The third-order valence-electron chi connectivity index (χ3n) is 2.94. The Bertz CT molecular complexity index is 430. The number of anilines is 1. The van der Waals surface area contributed by atoms with Crippen molar-refractivity contribution >= 4 is 23.4 Å². The normalized spacial score (nSPS) is 18.9. The Labute approximate surface area is 116 Å². The highest BCUT2D eigenvalue weighted by Gasteiger charge is 2.14. The van der Waals surface area contributed by atoms with E-state index in [1.807, 2.05) is 0 Å². The fourth-order valence-corrected chi connectivity index (χ4v) is 2.24. The van der Waals surface area contributed by atoms with Crippen LogP contribution in [0.5, 0.6) is 0 Å². The Hall–Kier alpha value is -1.33. The van der Waals surface area contributed by atoms with Crippen molar-refractivity contribution in [1.82, 2.24) is 5.32 Å². The number of carbonyl (C=O) groups is 1. The molecule has 19 heavy (non-hydrogen) atoms. The van der Waals surface area contributed by atoms with E-state index < -0.39 is 11.9 Å². The highest BCUT2D eigenvalue weighted by molar-refractivity contribution is 6.30. The zero-order valence-electron chi connectivity index (χ0n) is 10.4. The third-order valence-corrected chi connectivity index (χ3v) is 3.16. The summed E-state index contributed by atoms with van der Waals surface area (Å²) >= 11 is 5.69. The molecule has 1 atom stereocenters. The number of amides is 1. The summed E-state index contributed by atoms with van der Waals surface area (Å²) in [6.45, 7) is 1.27. The molecule has 1 amide bonds. The molecule has 1 fully saturated rings. The van der Waals surface area contributed by atoms with Crippen LogP contribution < -0.4 is 10.6 Å². The first-order chi connectivity index (χ1) is 9.13. The van der Waals surface area contributed by atoms with Crippen molar-refractivity contribution in [3.8, 4) is 0 Å². The highest BCUT2D eigenvalue weighted by Crippen LogP contribution is 2.18. The average Bonchev–Trinajstić information content (AvgIpc) is 2.36. The second-order valence-electron chi connectivity index (χ2n) is 4.53. The maximum Gasteiger partial charge on any atom is 0.411 e. The van der Waals surface area contributed by atoms with Gasteiger partial charge in [0.15, 0.2) is 0 Å². The summed E-state index contributed by atoms with van der Waals surface area (Å²) in [5, 5.41) is 5.95. The van der Waals surface area contributed by atoms with E-state index in [0.717, 1.165) is 25.8 Å². The third kappa shape index (κ3) is 4.69. The maximum atomic E-state index is 13.1. The number of carbonyl (C=O) groups excluding carboxylic acids is 1. The number of benzene rings is 1. The van der Waals surface area contributed by atoms with Crippen LogP contribution >= 0.6 is 11.6 Å². The molecule has 1 aliphatic heterocycles. The van der Waals surface area contributed by atoms with Crippen LogP contribution in [0.3, 0.4) is 0 Å². The Morgan fingerprint density at radius 1 is 1.47 bits per heavy atom. The smallest absolute Gasteiger partial charge is 0.411 e. The van der Waals surface area contributed by atoms with E-state index in [-0.39, 0.29) is 16.8 Å². The molecule has 1 heterocycles. The zero-order valence-corrected chi connectivity index (χ0v) is 11.2. The van der Waals surface area contributed by atoms with E-state index in [2.05, 4.69) is 10.6 Å². The van der Waals surface area contributed by atoms with Crippen molar-refractivity contribution in [2.24, 2.45) is 0 Å². The molecule has 0 bridgehead atoms. The summed E-state index contributed by atoms with van der Waals surface area (Å²) in [5.74, 6) is -0.503. The molecule has 0 saturated carbocycles. The molecule has 2 N–H and O–H groups in total. The molecule has 0 aliphatic carbocycles. The first kappa shape index (κ1) is 14.1. The minimum absolute atomic E-state index is 0.204. The van der Waals surface area contributed by atoms with Gasteiger partial charge in [0.2, 0.25) is 0 Å². The molecule has 2 rings (SSSR count). The number of hydrogen-bond donors (Lipinski definition) is 2. The predicted octanol–water partition coefficient (Wildman–Crippen LogP) is 3.17. The average molecular weight is 287 g/mol. The van der Waals surface area contributed by atoms with Crippen molar-refractivity contribution < 1.29 is 13.9 Å². The molecule has 1 aromatic rings. The molecule has 104 valence electrons. The van der Waals surface area contributed by atoms with Crippen LogP contribution in [0.25, 0.3) is 0 Å². The summed E-state index contributed by atoms with van der Waals surface area (Å²) in [4.78, 5) is 11.6. The lowest BCUT2D eigenvalue weighted by Gasteiger charge is -2.22.